The fourth-order valence-corrected chi connectivity index (χ4v) is 5.24. The maximum Gasteiger partial charge on any atom is 0.242 e. The van der Waals surface area contributed by atoms with E-state index in [4.69, 9.17) is 17.3 Å². The number of thiophene rings is 1. The maximum atomic E-state index is 12.2. The van der Waals surface area contributed by atoms with Crippen molar-refractivity contribution in [1.82, 2.24) is 4.72 Å². The zero-order valence-corrected chi connectivity index (χ0v) is 14.2. The van der Waals surface area contributed by atoms with Crippen molar-refractivity contribution in [2.75, 3.05) is 0 Å². The predicted molar refractivity (Wildman–Crippen MR) is 85.4 cm³/mol. The Bertz CT molecular complexity index is 699. The molecule has 2 rings (SSSR count). The molecule has 4 nitrogen and oxygen atoms in total. The van der Waals surface area contributed by atoms with E-state index >= 15 is 0 Å². The van der Waals surface area contributed by atoms with E-state index in [1.54, 1.807) is 30.3 Å². The van der Waals surface area contributed by atoms with Crippen molar-refractivity contribution in [3.63, 3.8) is 0 Å². The van der Waals surface area contributed by atoms with Gasteiger partial charge in [0.15, 0.2) is 0 Å². The van der Waals surface area contributed by atoms with Crippen LogP contribution < -0.4 is 10.5 Å². The van der Waals surface area contributed by atoms with Crippen LogP contribution in [0.5, 0.6) is 0 Å². The minimum absolute atomic E-state index is 0.208. The first kappa shape index (κ1) is 15.9. The molecule has 0 radical (unpaired) electrons. The molecule has 2 aromatic rings. The van der Waals surface area contributed by atoms with Gasteiger partial charge in [0, 0.05) is 23.0 Å². The summed E-state index contributed by atoms with van der Waals surface area (Å²) in [5.41, 5.74) is 6.35. The number of rotatable bonds is 5. The summed E-state index contributed by atoms with van der Waals surface area (Å²) in [6.07, 6.45) is 0. The van der Waals surface area contributed by atoms with Crippen LogP contribution in [-0.4, -0.2) is 8.42 Å². The van der Waals surface area contributed by atoms with E-state index in [-0.39, 0.29) is 11.4 Å². The molecule has 0 aliphatic heterocycles. The lowest BCUT2D eigenvalue weighted by Gasteiger charge is -2.06. The van der Waals surface area contributed by atoms with Crippen LogP contribution in [-0.2, 0) is 23.1 Å². The zero-order chi connectivity index (χ0) is 14.8. The number of hydrogen-bond donors (Lipinski definition) is 2. The number of benzene rings is 1. The second-order valence-corrected chi connectivity index (χ2v) is 8.63. The fourth-order valence-electron chi connectivity index (χ4n) is 1.54. The highest BCUT2D eigenvalue weighted by Gasteiger charge is 2.20. The van der Waals surface area contributed by atoms with Crippen LogP contribution in [0.15, 0.2) is 39.0 Å². The molecule has 108 valence electrons. The van der Waals surface area contributed by atoms with E-state index in [1.165, 1.54) is 11.3 Å². The molecule has 0 atom stereocenters. The van der Waals surface area contributed by atoms with Crippen LogP contribution in [0.1, 0.15) is 10.4 Å². The molecule has 1 heterocycles. The Hall–Kier alpha value is -0.440. The number of sulfonamides is 1. The van der Waals surface area contributed by atoms with Crippen molar-refractivity contribution >= 4 is 48.9 Å². The molecule has 3 N–H and O–H groups in total. The van der Waals surface area contributed by atoms with Gasteiger partial charge in [0.25, 0.3) is 0 Å². The topological polar surface area (TPSA) is 72.2 Å². The third-order valence-electron chi connectivity index (χ3n) is 2.58. The number of hydrogen-bond acceptors (Lipinski definition) is 4. The molecule has 1 aromatic heterocycles. The molecule has 0 saturated carbocycles. The highest BCUT2D eigenvalue weighted by Crippen LogP contribution is 2.31. The summed E-state index contributed by atoms with van der Waals surface area (Å²) in [5, 5.41) is 0.616. The SMILES string of the molecule is NCc1cc(S(=O)(=O)NCc2ccc(Cl)cc2)c(Br)s1. The summed E-state index contributed by atoms with van der Waals surface area (Å²) < 4.78 is 27.6. The predicted octanol–water partition coefficient (Wildman–Crippen LogP) is 3.10. The van der Waals surface area contributed by atoms with Crippen molar-refractivity contribution in [2.45, 2.75) is 18.0 Å². The molecular formula is C12H12BrClN2O2S2. The van der Waals surface area contributed by atoms with E-state index in [1.807, 2.05) is 0 Å². The van der Waals surface area contributed by atoms with Gasteiger partial charge in [-0.2, -0.15) is 0 Å². The van der Waals surface area contributed by atoms with Crippen molar-refractivity contribution < 1.29 is 8.42 Å². The molecule has 0 fully saturated rings. The summed E-state index contributed by atoms with van der Waals surface area (Å²) in [5.74, 6) is 0. The van der Waals surface area contributed by atoms with Crippen LogP contribution in [0.4, 0.5) is 0 Å². The highest BCUT2D eigenvalue weighted by molar-refractivity contribution is 9.11. The summed E-state index contributed by atoms with van der Waals surface area (Å²) in [4.78, 5) is 1.03. The van der Waals surface area contributed by atoms with Gasteiger partial charge in [-0.1, -0.05) is 23.7 Å². The van der Waals surface area contributed by atoms with Crippen molar-refractivity contribution in [3.05, 3.63) is 49.6 Å². The summed E-state index contributed by atoms with van der Waals surface area (Å²) in [6.45, 7) is 0.524. The van der Waals surface area contributed by atoms with E-state index in [9.17, 15) is 8.42 Å². The van der Waals surface area contributed by atoms with E-state index in [2.05, 4.69) is 20.7 Å². The van der Waals surface area contributed by atoms with Crippen molar-refractivity contribution in [1.29, 1.82) is 0 Å². The van der Waals surface area contributed by atoms with Crippen LogP contribution in [0, 0.1) is 0 Å². The molecule has 0 bridgehead atoms. The number of nitrogens with two attached hydrogens (primary N) is 1. The lowest BCUT2D eigenvalue weighted by atomic mass is 10.2. The summed E-state index contributed by atoms with van der Waals surface area (Å²) >= 11 is 10.4. The molecule has 0 spiro atoms. The van der Waals surface area contributed by atoms with Crippen molar-refractivity contribution in [2.24, 2.45) is 5.73 Å². The normalized spacial score (nSPS) is 11.8. The third kappa shape index (κ3) is 3.81. The fraction of sp³-hybridized carbons (Fsp3) is 0.167. The highest BCUT2D eigenvalue weighted by atomic mass is 79.9. The zero-order valence-electron chi connectivity index (χ0n) is 10.3. The van der Waals surface area contributed by atoms with Crippen LogP contribution in [0.3, 0.4) is 0 Å². The lowest BCUT2D eigenvalue weighted by Crippen LogP contribution is -2.23. The lowest BCUT2D eigenvalue weighted by molar-refractivity contribution is 0.581. The van der Waals surface area contributed by atoms with Crippen molar-refractivity contribution in [3.8, 4) is 0 Å². The Morgan fingerprint density at radius 3 is 2.50 bits per heavy atom. The quantitative estimate of drug-likeness (QED) is 0.817. The van der Waals surface area contributed by atoms with Crippen LogP contribution >= 0.6 is 38.9 Å². The smallest absolute Gasteiger partial charge is 0.242 e. The molecule has 0 aliphatic carbocycles. The van der Waals surface area contributed by atoms with Gasteiger partial charge in [0.2, 0.25) is 10.0 Å². The summed E-state index contributed by atoms with van der Waals surface area (Å²) in [7, 11) is -3.56. The third-order valence-corrected chi connectivity index (χ3v) is 6.50. The average molecular weight is 396 g/mol. The van der Waals surface area contributed by atoms with E-state index in [0.717, 1.165) is 10.4 Å². The van der Waals surface area contributed by atoms with E-state index < -0.39 is 10.0 Å². The Kier molecular flexibility index (Phi) is 5.22. The average Bonchev–Trinajstić information content (AvgIpc) is 2.80. The van der Waals surface area contributed by atoms with Gasteiger partial charge < -0.3 is 5.73 Å². The first-order valence-corrected chi connectivity index (χ1v) is 9.12. The number of nitrogens with one attached hydrogen (secondary N) is 1. The van der Waals surface area contributed by atoms with Gasteiger partial charge in [-0.15, -0.1) is 11.3 Å². The molecule has 8 heteroatoms. The van der Waals surface area contributed by atoms with Gasteiger partial charge in [-0.05, 0) is 39.7 Å². The molecule has 0 aliphatic rings. The first-order valence-electron chi connectivity index (χ1n) is 5.65. The Morgan fingerprint density at radius 1 is 1.30 bits per heavy atom. The van der Waals surface area contributed by atoms with Gasteiger partial charge in [-0.25, -0.2) is 13.1 Å². The Morgan fingerprint density at radius 2 is 1.95 bits per heavy atom. The molecule has 0 unspecified atom stereocenters. The Balaban J connectivity index is 2.14. The largest absolute Gasteiger partial charge is 0.326 e. The second kappa shape index (κ2) is 6.55. The molecule has 0 saturated heterocycles. The van der Waals surface area contributed by atoms with Crippen LogP contribution in [0.2, 0.25) is 5.02 Å². The minimum Gasteiger partial charge on any atom is -0.326 e. The second-order valence-electron chi connectivity index (χ2n) is 4.01. The number of halogens is 2. The van der Waals surface area contributed by atoms with E-state index in [0.29, 0.717) is 15.4 Å². The van der Waals surface area contributed by atoms with Gasteiger partial charge >= 0.3 is 0 Å². The standard InChI is InChI=1S/C12H12BrClN2O2S2/c13-12-11(5-10(6-15)19-12)20(17,18)16-7-8-1-3-9(14)4-2-8/h1-5,16H,6-7,15H2. The minimum atomic E-state index is -3.56. The summed E-state index contributed by atoms with van der Waals surface area (Å²) in [6, 6.07) is 8.58. The van der Waals surface area contributed by atoms with Gasteiger partial charge in [-0.3, -0.25) is 0 Å². The first-order chi connectivity index (χ1) is 9.42. The molecule has 0 amide bonds. The van der Waals surface area contributed by atoms with Crippen LogP contribution in [0.25, 0.3) is 0 Å². The molecule has 20 heavy (non-hydrogen) atoms. The Labute approximate surface area is 135 Å². The monoisotopic (exact) mass is 394 g/mol. The maximum absolute atomic E-state index is 12.2. The molecule has 1 aromatic carbocycles. The van der Waals surface area contributed by atoms with Gasteiger partial charge in [0.1, 0.15) is 4.90 Å². The van der Waals surface area contributed by atoms with Gasteiger partial charge in [0.05, 0.1) is 3.79 Å². The molecular weight excluding hydrogens is 384 g/mol.